The SMILES string of the molecule is CCc1ccc2c(c1)c(Br)c(C(C)N)n2C. The lowest BCUT2D eigenvalue weighted by molar-refractivity contribution is 0.722. The molecule has 0 saturated heterocycles. The topological polar surface area (TPSA) is 30.9 Å². The van der Waals surface area contributed by atoms with Crippen molar-refractivity contribution in [1.82, 2.24) is 4.57 Å². The second-order valence-electron chi connectivity index (χ2n) is 4.25. The molecular weight excluding hydrogens is 264 g/mol. The lowest BCUT2D eigenvalue weighted by Gasteiger charge is -2.08. The van der Waals surface area contributed by atoms with E-state index in [-0.39, 0.29) is 6.04 Å². The van der Waals surface area contributed by atoms with Crippen molar-refractivity contribution in [2.45, 2.75) is 26.3 Å². The Kier molecular flexibility index (Phi) is 3.08. The van der Waals surface area contributed by atoms with E-state index in [0.29, 0.717) is 0 Å². The first-order valence-corrected chi connectivity index (χ1v) is 6.37. The summed E-state index contributed by atoms with van der Waals surface area (Å²) in [6, 6.07) is 6.63. The smallest absolute Gasteiger partial charge is 0.0494 e. The number of benzene rings is 1. The minimum atomic E-state index is 0.0388. The van der Waals surface area contributed by atoms with Gasteiger partial charge >= 0.3 is 0 Å². The first-order valence-electron chi connectivity index (χ1n) is 5.58. The van der Waals surface area contributed by atoms with Crippen molar-refractivity contribution in [3.63, 3.8) is 0 Å². The third-order valence-corrected chi connectivity index (χ3v) is 3.92. The molecule has 16 heavy (non-hydrogen) atoms. The van der Waals surface area contributed by atoms with E-state index >= 15 is 0 Å². The van der Waals surface area contributed by atoms with Crippen molar-refractivity contribution in [2.24, 2.45) is 12.8 Å². The highest BCUT2D eigenvalue weighted by molar-refractivity contribution is 9.10. The molecule has 0 amide bonds. The van der Waals surface area contributed by atoms with Crippen LogP contribution in [0.2, 0.25) is 0 Å². The summed E-state index contributed by atoms with van der Waals surface area (Å²) in [5.74, 6) is 0. The van der Waals surface area contributed by atoms with Crippen LogP contribution in [-0.4, -0.2) is 4.57 Å². The molecule has 1 heterocycles. The number of halogens is 1. The van der Waals surface area contributed by atoms with Gasteiger partial charge in [-0.25, -0.2) is 0 Å². The summed E-state index contributed by atoms with van der Waals surface area (Å²) in [6.45, 7) is 4.18. The third-order valence-electron chi connectivity index (χ3n) is 3.08. The first-order chi connectivity index (χ1) is 7.56. The lowest BCUT2D eigenvalue weighted by Crippen LogP contribution is -2.10. The van der Waals surface area contributed by atoms with Gasteiger partial charge < -0.3 is 10.3 Å². The number of nitrogens with two attached hydrogens (primary N) is 1. The molecule has 0 aliphatic heterocycles. The maximum absolute atomic E-state index is 6.00. The standard InChI is InChI=1S/C13H17BrN2/c1-4-9-5-6-11-10(7-9)12(14)13(8(2)15)16(11)3/h5-8H,4,15H2,1-3H3. The molecular formula is C13H17BrN2. The van der Waals surface area contributed by atoms with E-state index in [1.807, 2.05) is 6.92 Å². The Labute approximate surface area is 105 Å². The van der Waals surface area contributed by atoms with Crippen molar-refractivity contribution in [3.8, 4) is 0 Å². The highest BCUT2D eigenvalue weighted by atomic mass is 79.9. The van der Waals surface area contributed by atoms with Crippen LogP contribution in [0.1, 0.15) is 31.1 Å². The van der Waals surface area contributed by atoms with E-state index in [0.717, 1.165) is 16.6 Å². The zero-order valence-corrected chi connectivity index (χ0v) is 11.5. The minimum Gasteiger partial charge on any atom is -0.345 e. The van der Waals surface area contributed by atoms with Crippen LogP contribution in [0.5, 0.6) is 0 Å². The van der Waals surface area contributed by atoms with E-state index < -0.39 is 0 Å². The largest absolute Gasteiger partial charge is 0.345 e. The second-order valence-corrected chi connectivity index (χ2v) is 5.04. The van der Waals surface area contributed by atoms with E-state index in [1.54, 1.807) is 0 Å². The molecule has 2 nitrogen and oxygen atoms in total. The average Bonchev–Trinajstić information content (AvgIpc) is 2.51. The van der Waals surface area contributed by atoms with Crippen LogP contribution in [-0.2, 0) is 13.5 Å². The van der Waals surface area contributed by atoms with Gasteiger partial charge in [-0.2, -0.15) is 0 Å². The van der Waals surface area contributed by atoms with Crippen LogP contribution < -0.4 is 5.73 Å². The van der Waals surface area contributed by atoms with Gasteiger partial charge in [0.2, 0.25) is 0 Å². The summed E-state index contributed by atoms with van der Waals surface area (Å²) in [6.07, 6.45) is 1.06. The normalized spacial score (nSPS) is 13.3. The van der Waals surface area contributed by atoms with Gasteiger partial charge in [-0.3, -0.25) is 0 Å². The molecule has 86 valence electrons. The Balaban J connectivity index is 2.77. The Bertz CT molecular complexity index is 526. The summed E-state index contributed by atoms with van der Waals surface area (Å²) >= 11 is 3.67. The van der Waals surface area contributed by atoms with Gasteiger partial charge in [0.25, 0.3) is 0 Å². The van der Waals surface area contributed by atoms with E-state index in [2.05, 4.69) is 52.7 Å². The molecule has 3 heteroatoms. The molecule has 0 bridgehead atoms. The van der Waals surface area contributed by atoms with Crippen molar-refractivity contribution in [3.05, 3.63) is 33.9 Å². The molecule has 1 atom stereocenters. The molecule has 1 unspecified atom stereocenters. The van der Waals surface area contributed by atoms with Crippen LogP contribution in [0, 0.1) is 0 Å². The lowest BCUT2D eigenvalue weighted by atomic mass is 10.1. The minimum absolute atomic E-state index is 0.0388. The van der Waals surface area contributed by atoms with Crippen LogP contribution in [0.25, 0.3) is 10.9 Å². The molecule has 0 spiro atoms. The van der Waals surface area contributed by atoms with E-state index in [1.165, 1.54) is 16.5 Å². The fourth-order valence-electron chi connectivity index (χ4n) is 2.19. The first kappa shape index (κ1) is 11.7. The summed E-state index contributed by atoms with van der Waals surface area (Å²) in [5, 5.41) is 1.26. The highest BCUT2D eigenvalue weighted by Gasteiger charge is 2.15. The molecule has 0 fully saturated rings. The van der Waals surface area contributed by atoms with Gasteiger partial charge in [-0.05, 0) is 47.0 Å². The van der Waals surface area contributed by atoms with E-state index in [4.69, 9.17) is 5.73 Å². The predicted molar refractivity (Wildman–Crippen MR) is 72.6 cm³/mol. The Morgan fingerprint density at radius 1 is 1.44 bits per heavy atom. The van der Waals surface area contributed by atoms with Gasteiger partial charge in [-0.15, -0.1) is 0 Å². The van der Waals surface area contributed by atoms with E-state index in [9.17, 15) is 0 Å². The predicted octanol–water partition coefficient (Wildman–Crippen LogP) is 3.52. The number of fused-ring (bicyclic) bond motifs is 1. The number of hydrogen-bond donors (Lipinski definition) is 1. The third kappa shape index (κ3) is 1.68. The Morgan fingerprint density at radius 2 is 2.12 bits per heavy atom. The molecule has 0 aliphatic carbocycles. The second kappa shape index (κ2) is 4.22. The molecule has 2 rings (SSSR count). The number of nitrogens with zero attached hydrogens (tertiary/aromatic N) is 1. The Hall–Kier alpha value is -0.800. The van der Waals surface area contributed by atoms with Gasteiger partial charge in [-0.1, -0.05) is 13.0 Å². The molecule has 1 aromatic carbocycles. The molecule has 2 N–H and O–H groups in total. The quantitative estimate of drug-likeness (QED) is 0.897. The number of rotatable bonds is 2. The number of aryl methyl sites for hydroxylation is 2. The fourth-order valence-corrected chi connectivity index (χ4v) is 3.14. The van der Waals surface area contributed by atoms with Crippen molar-refractivity contribution < 1.29 is 0 Å². The zero-order chi connectivity index (χ0) is 11.9. The molecule has 0 saturated carbocycles. The summed E-state index contributed by atoms with van der Waals surface area (Å²) in [5.41, 5.74) is 9.74. The van der Waals surface area contributed by atoms with Gasteiger partial charge in [0.15, 0.2) is 0 Å². The van der Waals surface area contributed by atoms with Crippen LogP contribution in [0.4, 0.5) is 0 Å². The van der Waals surface area contributed by atoms with Crippen molar-refractivity contribution in [1.29, 1.82) is 0 Å². The molecule has 0 aliphatic rings. The maximum Gasteiger partial charge on any atom is 0.0494 e. The number of aromatic nitrogens is 1. The molecule has 1 aromatic heterocycles. The summed E-state index contributed by atoms with van der Waals surface area (Å²) in [7, 11) is 2.07. The summed E-state index contributed by atoms with van der Waals surface area (Å²) < 4.78 is 3.30. The van der Waals surface area contributed by atoms with Gasteiger partial charge in [0, 0.05) is 34.2 Å². The highest BCUT2D eigenvalue weighted by Crippen LogP contribution is 2.33. The van der Waals surface area contributed by atoms with Crippen LogP contribution >= 0.6 is 15.9 Å². The summed E-state index contributed by atoms with van der Waals surface area (Å²) in [4.78, 5) is 0. The van der Waals surface area contributed by atoms with Crippen LogP contribution in [0.15, 0.2) is 22.7 Å². The van der Waals surface area contributed by atoms with Crippen molar-refractivity contribution >= 4 is 26.8 Å². The molecule has 0 radical (unpaired) electrons. The molecule has 2 aromatic rings. The monoisotopic (exact) mass is 280 g/mol. The Morgan fingerprint density at radius 3 is 2.69 bits per heavy atom. The van der Waals surface area contributed by atoms with Crippen molar-refractivity contribution in [2.75, 3.05) is 0 Å². The maximum atomic E-state index is 6.00. The number of hydrogen-bond acceptors (Lipinski definition) is 1. The average molecular weight is 281 g/mol. The fraction of sp³-hybridized carbons (Fsp3) is 0.385. The van der Waals surface area contributed by atoms with Gasteiger partial charge in [0.05, 0.1) is 0 Å². The van der Waals surface area contributed by atoms with Crippen LogP contribution in [0.3, 0.4) is 0 Å². The van der Waals surface area contributed by atoms with Gasteiger partial charge in [0.1, 0.15) is 0 Å². The zero-order valence-electron chi connectivity index (χ0n) is 9.92.